The molecule has 3 nitrogen and oxygen atoms in total. The Kier molecular flexibility index (Phi) is 4.14. The monoisotopic (exact) mass is 212 g/mol. The van der Waals surface area contributed by atoms with Gasteiger partial charge in [-0.05, 0) is 43.9 Å². The molecule has 0 aromatic carbocycles. The molecule has 0 saturated heterocycles. The first-order valence-corrected chi connectivity index (χ1v) is 5.94. The molecule has 1 rings (SSSR count). The largest absolute Gasteiger partial charge is 0.354 e. The van der Waals surface area contributed by atoms with Gasteiger partial charge in [-0.2, -0.15) is 0 Å². The summed E-state index contributed by atoms with van der Waals surface area (Å²) in [6, 6.07) is -0.384. The maximum atomic E-state index is 11.3. The lowest BCUT2D eigenvalue weighted by Gasteiger charge is -2.34. The minimum atomic E-state index is -0.384. The smallest absolute Gasteiger partial charge is 0.236 e. The van der Waals surface area contributed by atoms with Crippen LogP contribution in [0.2, 0.25) is 0 Å². The Bertz CT molecular complexity index is 214. The first kappa shape index (κ1) is 12.5. The van der Waals surface area contributed by atoms with E-state index in [-0.39, 0.29) is 11.9 Å². The van der Waals surface area contributed by atoms with Crippen LogP contribution in [0.1, 0.15) is 46.5 Å². The van der Waals surface area contributed by atoms with Crippen LogP contribution in [0.4, 0.5) is 0 Å². The van der Waals surface area contributed by atoms with Crippen molar-refractivity contribution in [3.8, 4) is 0 Å². The molecule has 0 aromatic heterocycles. The van der Waals surface area contributed by atoms with Gasteiger partial charge in [-0.25, -0.2) is 0 Å². The summed E-state index contributed by atoms with van der Waals surface area (Å²) in [5.74, 6) is 0.626. The number of hydrogen-bond acceptors (Lipinski definition) is 2. The predicted octanol–water partition coefficient (Wildman–Crippen LogP) is 1.67. The van der Waals surface area contributed by atoms with Crippen molar-refractivity contribution < 1.29 is 4.79 Å². The molecule has 1 aliphatic rings. The second-order valence-electron chi connectivity index (χ2n) is 5.64. The second kappa shape index (κ2) is 4.97. The van der Waals surface area contributed by atoms with Crippen LogP contribution in [-0.2, 0) is 4.79 Å². The molecule has 1 atom stereocenters. The van der Waals surface area contributed by atoms with Gasteiger partial charge in [0.2, 0.25) is 5.91 Å². The van der Waals surface area contributed by atoms with Crippen molar-refractivity contribution in [1.29, 1.82) is 0 Å². The average molecular weight is 212 g/mol. The summed E-state index contributed by atoms with van der Waals surface area (Å²) in [5, 5.41) is 2.92. The van der Waals surface area contributed by atoms with Gasteiger partial charge < -0.3 is 11.1 Å². The molecule has 0 aromatic rings. The van der Waals surface area contributed by atoms with Crippen molar-refractivity contribution in [2.24, 2.45) is 17.1 Å². The summed E-state index contributed by atoms with van der Waals surface area (Å²) in [6.07, 6.45) is 5.00. The molecule has 1 aliphatic carbocycles. The van der Waals surface area contributed by atoms with Crippen LogP contribution in [0.3, 0.4) is 0 Å². The maximum absolute atomic E-state index is 11.3. The fourth-order valence-corrected chi connectivity index (χ4v) is 2.07. The Labute approximate surface area is 92.8 Å². The third-order valence-corrected chi connectivity index (χ3v) is 3.44. The molecule has 1 fully saturated rings. The minimum Gasteiger partial charge on any atom is -0.354 e. The molecule has 0 radical (unpaired) electrons. The fourth-order valence-electron chi connectivity index (χ4n) is 2.07. The highest BCUT2D eigenvalue weighted by atomic mass is 16.2. The number of nitrogens with one attached hydrogen (secondary N) is 1. The van der Waals surface area contributed by atoms with Gasteiger partial charge in [-0.15, -0.1) is 0 Å². The van der Waals surface area contributed by atoms with Gasteiger partial charge in [0.05, 0.1) is 6.04 Å². The Morgan fingerprint density at radius 1 is 1.47 bits per heavy atom. The molecule has 88 valence electrons. The summed E-state index contributed by atoms with van der Waals surface area (Å²) >= 11 is 0. The lowest BCUT2D eigenvalue weighted by Crippen LogP contribution is -2.41. The van der Waals surface area contributed by atoms with E-state index in [0.29, 0.717) is 11.3 Å². The van der Waals surface area contributed by atoms with E-state index in [9.17, 15) is 4.79 Å². The number of amides is 1. The van der Waals surface area contributed by atoms with Crippen LogP contribution in [-0.4, -0.2) is 18.5 Å². The van der Waals surface area contributed by atoms with E-state index in [4.69, 9.17) is 5.73 Å². The van der Waals surface area contributed by atoms with Crippen LogP contribution in [0.25, 0.3) is 0 Å². The van der Waals surface area contributed by atoms with E-state index >= 15 is 0 Å². The Hall–Kier alpha value is -0.570. The highest BCUT2D eigenvalue weighted by Crippen LogP contribution is 2.37. The molecule has 15 heavy (non-hydrogen) atoms. The first-order chi connectivity index (χ1) is 6.91. The normalized spacial score (nSPS) is 23.5. The minimum absolute atomic E-state index is 0.0279. The Morgan fingerprint density at radius 2 is 2.00 bits per heavy atom. The molecule has 1 amide bonds. The zero-order valence-electron chi connectivity index (χ0n) is 10.2. The summed E-state index contributed by atoms with van der Waals surface area (Å²) in [7, 11) is 0. The van der Waals surface area contributed by atoms with Crippen molar-refractivity contribution in [1.82, 2.24) is 5.32 Å². The van der Waals surface area contributed by atoms with Crippen molar-refractivity contribution in [3.05, 3.63) is 0 Å². The van der Waals surface area contributed by atoms with Crippen molar-refractivity contribution in [2.75, 3.05) is 6.54 Å². The summed E-state index contributed by atoms with van der Waals surface area (Å²) in [5.41, 5.74) is 5.98. The first-order valence-electron chi connectivity index (χ1n) is 5.94. The van der Waals surface area contributed by atoms with Gasteiger partial charge in [0, 0.05) is 6.54 Å². The fraction of sp³-hybridized carbons (Fsp3) is 0.917. The summed E-state index contributed by atoms with van der Waals surface area (Å²) < 4.78 is 0. The maximum Gasteiger partial charge on any atom is 0.236 e. The Morgan fingerprint density at radius 3 is 2.47 bits per heavy atom. The van der Waals surface area contributed by atoms with Crippen LogP contribution >= 0.6 is 0 Å². The summed E-state index contributed by atoms with van der Waals surface area (Å²) in [6.45, 7) is 7.17. The van der Waals surface area contributed by atoms with E-state index < -0.39 is 0 Å². The van der Waals surface area contributed by atoms with Gasteiger partial charge in [-0.3, -0.25) is 4.79 Å². The lowest BCUT2D eigenvalue weighted by atomic mass is 9.73. The molecule has 0 bridgehead atoms. The highest BCUT2D eigenvalue weighted by molar-refractivity contribution is 5.80. The Balaban J connectivity index is 2.22. The lowest BCUT2D eigenvalue weighted by molar-refractivity contribution is -0.122. The quantitative estimate of drug-likeness (QED) is 0.747. The van der Waals surface area contributed by atoms with Gasteiger partial charge >= 0.3 is 0 Å². The number of carbonyl (C=O) groups excluding carboxylic acids is 1. The standard InChI is InChI=1S/C12H24N2O/c1-9(13)11(15)14-8-10-4-6-12(2,3)7-5-10/h9-10H,4-8,13H2,1-3H3,(H,14,15)/t9-/m1/s1. The molecule has 0 unspecified atom stereocenters. The predicted molar refractivity (Wildman–Crippen MR) is 62.4 cm³/mol. The zero-order chi connectivity index (χ0) is 11.5. The average Bonchev–Trinajstić information content (AvgIpc) is 2.15. The van der Waals surface area contributed by atoms with Crippen molar-refractivity contribution in [3.63, 3.8) is 0 Å². The van der Waals surface area contributed by atoms with Gasteiger partial charge in [0.15, 0.2) is 0 Å². The van der Waals surface area contributed by atoms with Crippen molar-refractivity contribution >= 4 is 5.91 Å². The SMILES string of the molecule is C[C@@H](N)C(=O)NCC1CCC(C)(C)CC1. The van der Waals surface area contributed by atoms with Crippen LogP contribution in [0.5, 0.6) is 0 Å². The molecule has 0 heterocycles. The molecular formula is C12H24N2O. The van der Waals surface area contributed by atoms with E-state index in [1.807, 2.05) is 0 Å². The van der Waals surface area contributed by atoms with Crippen LogP contribution in [0, 0.1) is 11.3 Å². The molecule has 3 N–H and O–H groups in total. The molecule has 1 saturated carbocycles. The number of nitrogens with two attached hydrogens (primary N) is 1. The van der Waals surface area contributed by atoms with Crippen LogP contribution < -0.4 is 11.1 Å². The third-order valence-electron chi connectivity index (χ3n) is 3.44. The van der Waals surface area contributed by atoms with Crippen LogP contribution in [0.15, 0.2) is 0 Å². The molecular weight excluding hydrogens is 188 g/mol. The third kappa shape index (κ3) is 4.20. The number of carbonyl (C=O) groups is 1. The van der Waals surface area contributed by atoms with E-state index in [1.54, 1.807) is 6.92 Å². The topological polar surface area (TPSA) is 55.1 Å². The second-order valence-corrected chi connectivity index (χ2v) is 5.64. The number of hydrogen-bond donors (Lipinski definition) is 2. The molecule has 0 aliphatic heterocycles. The van der Waals surface area contributed by atoms with Gasteiger partial charge in [0.25, 0.3) is 0 Å². The van der Waals surface area contributed by atoms with Gasteiger partial charge in [-0.1, -0.05) is 13.8 Å². The van der Waals surface area contributed by atoms with Gasteiger partial charge in [0.1, 0.15) is 0 Å². The molecule has 3 heteroatoms. The zero-order valence-corrected chi connectivity index (χ0v) is 10.2. The highest BCUT2D eigenvalue weighted by Gasteiger charge is 2.26. The summed E-state index contributed by atoms with van der Waals surface area (Å²) in [4.78, 5) is 11.3. The van der Waals surface area contributed by atoms with E-state index in [1.165, 1.54) is 25.7 Å². The van der Waals surface area contributed by atoms with E-state index in [0.717, 1.165) is 6.54 Å². The van der Waals surface area contributed by atoms with E-state index in [2.05, 4.69) is 19.2 Å². The van der Waals surface area contributed by atoms with Crippen molar-refractivity contribution in [2.45, 2.75) is 52.5 Å². The number of rotatable bonds is 3. The molecule has 0 spiro atoms.